The SMILES string of the molecule is CC(C)N1C(=O)C(CC(=O)Nc2ccccc2C(=O)O)OC(c2ccccc2Cl)c2cc(Cl)ccc21. The molecule has 7 nitrogen and oxygen atoms in total. The van der Waals surface area contributed by atoms with E-state index in [4.69, 9.17) is 27.9 Å². The fraction of sp³-hybridized carbons (Fsp3) is 0.222. The number of amides is 2. The largest absolute Gasteiger partial charge is 0.478 e. The Morgan fingerprint density at radius 3 is 2.42 bits per heavy atom. The van der Waals surface area contributed by atoms with Crippen LogP contribution < -0.4 is 10.2 Å². The zero-order chi connectivity index (χ0) is 26.0. The second-order valence-corrected chi connectivity index (χ2v) is 9.48. The summed E-state index contributed by atoms with van der Waals surface area (Å²) in [5, 5.41) is 12.9. The monoisotopic (exact) mass is 526 g/mol. The number of hydrogen-bond donors (Lipinski definition) is 2. The Hall–Kier alpha value is -3.39. The van der Waals surface area contributed by atoms with Gasteiger partial charge in [0.15, 0.2) is 0 Å². The molecule has 0 bridgehead atoms. The van der Waals surface area contributed by atoms with Crippen LogP contribution in [0.3, 0.4) is 0 Å². The highest BCUT2D eigenvalue weighted by Crippen LogP contribution is 2.42. The summed E-state index contributed by atoms with van der Waals surface area (Å²) in [4.78, 5) is 39.9. The number of para-hydroxylation sites is 1. The molecule has 1 aliphatic rings. The molecule has 0 aromatic heterocycles. The lowest BCUT2D eigenvalue weighted by Gasteiger charge is -2.28. The standard InChI is InChI=1S/C27H24Cl2N2O5/c1-15(2)31-22-12-11-16(28)13-19(22)25(17-7-3-5-9-20(17)29)36-23(26(31)33)14-24(32)30-21-10-6-4-8-18(21)27(34)35/h3-13,15,23,25H,14H2,1-2H3,(H,30,32)(H,34,35). The van der Waals surface area contributed by atoms with Gasteiger partial charge in [-0.15, -0.1) is 0 Å². The molecule has 0 aliphatic carbocycles. The smallest absolute Gasteiger partial charge is 0.337 e. The number of nitrogens with one attached hydrogen (secondary N) is 1. The number of ether oxygens (including phenoxy) is 1. The van der Waals surface area contributed by atoms with E-state index >= 15 is 0 Å². The molecule has 3 aromatic rings. The first kappa shape index (κ1) is 25.7. The molecule has 2 atom stereocenters. The predicted molar refractivity (Wildman–Crippen MR) is 139 cm³/mol. The average Bonchev–Trinajstić information content (AvgIpc) is 2.94. The number of carboxylic acids is 1. The van der Waals surface area contributed by atoms with E-state index < -0.39 is 30.0 Å². The third kappa shape index (κ3) is 5.23. The van der Waals surface area contributed by atoms with Crippen molar-refractivity contribution in [1.29, 1.82) is 0 Å². The van der Waals surface area contributed by atoms with Gasteiger partial charge in [-0.05, 0) is 50.2 Å². The lowest BCUT2D eigenvalue weighted by atomic mass is 9.99. The molecule has 0 saturated heterocycles. The first-order valence-electron chi connectivity index (χ1n) is 11.3. The van der Waals surface area contributed by atoms with Gasteiger partial charge in [0.2, 0.25) is 5.91 Å². The highest BCUT2D eigenvalue weighted by atomic mass is 35.5. The van der Waals surface area contributed by atoms with E-state index in [0.29, 0.717) is 26.9 Å². The lowest BCUT2D eigenvalue weighted by Crippen LogP contribution is -2.44. The number of carboxylic acid groups (broad SMARTS) is 1. The number of nitrogens with zero attached hydrogens (tertiary/aromatic N) is 1. The van der Waals surface area contributed by atoms with E-state index in [9.17, 15) is 19.5 Å². The molecule has 0 radical (unpaired) electrons. The van der Waals surface area contributed by atoms with Crippen LogP contribution >= 0.6 is 23.2 Å². The molecule has 0 saturated carbocycles. The van der Waals surface area contributed by atoms with Crippen molar-refractivity contribution >= 4 is 52.4 Å². The van der Waals surface area contributed by atoms with Gasteiger partial charge in [-0.2, -0.15) is 0 Å². The van der Waals surface area contributed by atoms with Crippen molar-refractivity contribution in [1.82, 2.24) is 0 Å². The summed E-state index contributed by atoms with van der Waals surface area (Å²) in [5.41, 5.74) is 1.97. The summed E-state index contributed by atoms with van der Waals surface area (Å²) in [6.07, 6.45) is -2.28. The summed E-state index contributed by atoms with van der Waals surface area (Å²) in [5.74, 6) is -2.14. The van der Waals surface area contributed by atoms with Crippen LogP contribution in [0.25, 0.3) is 0 Å². The van der Waals surface area contributed by atoms with Crippen molar-refractivity contribution in [2.75, 3.05) is 10.2 Å². The Morgan fingerprint density at radius 2 is 1.72 bits per heavy atom. The average molecular weight is 527 g/mol. The number of carbonyl (C=O) groups excluding carboxylic acids is 2. The highest BCUT2D eigenvalue weighted by molar-refractivity contribution is 6.31. The Morgan fingerprint density at radius 1 is 1.03 bits per heavy atom. The normalized spacial score (nSPS) is 17.5. The van der Waals surface area contributed by atoms with E-state index in [1.165, 1.54) is 12.1 Å². The highest BCUT2D eigenvalue weighted by Gasteiger charge is 2.39. The quantitative estimate of drug-likeness (QED) is 0.413. The van der Waals surface area contributed by atoms with Crippen molar-refractivity contribution in [3.63, 3.8) is 0 Å². The number of halogens is 2. The van der Waals surface area contributed by atoms with Crippen LogP contribution in [0.15, 0.2) is 66.7 Å². The Labute approximate surface area is 218 Å². The molecule has 2 amide bonds. The van der Waals surface area contributed by atoms with E-state index in [1.807, 2.05) is 19.9 Å². The summed E-state index contributed by atoms with van der Waals surface area (Å²) in [6, 6.07) is 18.1. The molecular formula is C27H24Cl2N2O5. The van der Waals surface area contributed by atoms with Crippen molar-refractivity contribution in [2.45, 2.75) is 38.5 Å². The van der Waals surface area contributed by atoms with Gasteiger partial charge in [0.05, 0.1) is 23.4 Å². The maximum atomic E-state index is 13.7. The van der Waals surface area contributed by atoms with E-state index in [1.54, 1.807) is 53.4 Å². The fourth-order valence-corrected chi connectivity index (χ4v) is 4.68. The molecule has 2 N–H and O–H groups in total. The molecule has 0 fully saturated rings. The molecule has 36 heavy (non-hydrogen) atoms. The summed E-state index contributed by atoms with van der Waals surface area (Å²) >= 11 is 12.8. The maximum Gasteiger partial charge on any atom is 0.337 e. The first-order valence-corrected chi connectivity index (χ1v) is 12.1. The Bertz CT molecular complexity index is 1330. The number of anilines is 2. The maximum absolute atomic E-state index is 13.7. The zero-order valence-electron chi connectivity index (χ0n) is 19.6. The lowest BCUT2D eigenvalue weighted by molar-refractivity contribution is -0.136. The number of fused-ring (bicyclic) bond motifs is 1. The molecule has 186 valence electrons. The minimum absolute atomic E-state index is 0.0567. The molecule has 1 aliphatic heterocycles. The van der Waals surface area contributed by atoms with Crippen molar-refractivity contribution < 1.29 is 24.2 Å². The van der Waals surface area contributed by atoms with Gasteiger partial charge in [0.25, 0.3) is 5.91 Å². The number of hydrogen-bond acceptors (Lipinski definition) is 4. The fourth-order valence-electron chi connectivity index (χ4n) is 4.27. The number of carbonyl (C=O) groups is 3. The minimum atomic E-state index is -1.18. The van der Waals surface area contributed by atoms with Crippen molar-refractivity contribution in [3.8, 4) is 0 Å². The third-order valence-corrected chi connectivity index (χ3v) is 6.43. The van der Waals surface area contributed by atoms with Crippen LogP contribution in [-0.4, -0.2) is 35.0 Å². The van der Waals surface area contributed by atoms with Crippen molar-refractivity contribution in [3.05, 3.63) is 93.5 Å². The number of rotatable bonds is 6. The van der Waals surface area contributed by atoms with Crippen LogP contribution in [0.4, 0.5) is 11.4 Å². The summed E-state index contributed by atoms with van der Waals surface area (Å²) in [7, 11) is 0. The van der Waals surface area contributed by atoms with Gasteiger partial charge in [0.1, 0.15) is 12.2 Å². The van der Waals surface area contributed by atoms with Crippen LogP contribution in [0.2, 0.25) is 10.0 Å². The molecule has 3 aromatic carbocycles. The molecule has 4 rings (SSSR count). The van der Waals surface area contributed by atoms with Crippen LogP contribution in [-0.2, 0) is 14.3 Å². The van der Waals surface area contributed by atoms with Crippen LogP contribution in [0, 0.1) is 0 Å². The minimum Gasteiger partial charge on any atom is -0.478 e. The molecule has 2 unspecified atom stereocenters. The topological polar surface area (TPSA) is 95.9 Å². The second kappa shape index (κ2) is 10.7. The van der Waals surface area contributed by atoms with Gasteiger partial charge in [-0.1, -0.05) is 53.5 Å². The van der Waals surface area contributed by atoms with Crippen LogP contribution in [0.5, 0.6) is 0 Å². The van der Waals surface area contributed by atoms with Gasteiger partial charge in [-0.3, -0.25) is 9.59 Å². The number of benzene rings is 3. The first-order chi connectivity index (χ1) is 17.2. The van der Waals surface area contributed by atoms with Gasteiger partial charge >= 0.3 is 5.97 Å². The molecule has 9 heteroatoms. The zero-order valence-corrected chi connectivity index (χ0v) is 21.1. The molecule has 0 spiro atoms. The molecule has 1 heterocycles. The third-order valence-electron chi connectivity index (χ3n) is 5.85. The summed E-state index contributed by atoms with van der Waals surface area (Å²) < 4.78 is 6.33. The number of aromatic carboxylic acids is 1. The van der Waals surface area contributed by atoms with Gasteiger partial charge in [0, 0.05) is 27.2 Å². The molecular weight excluding hydrogens is 503 g/mol. The van der Waals surface area contributed by atoms with Gasteiger partial charge in [-0.25, -0.2) is 4.79 Å². The van der Waals surface area contributed by atoms with Gasteiger partial charge < -0.3 is 20.1 Å². The van der Waals surface area contributed by atoms with E-state index in [2.05, 4.69) is 5.32 Å². The van der Waals surface area contributed by atoms with E-state index in [0.717, 1.165) is 0 Å². The second-order valence-electron chi connectivity index (χ2n) is 8.63. The predicted octanol–water partition coefficient (Wildman–Crippen LogP) is 5.95. The Kier molecular flexibility index (Phi) is 7.64. The van der Waals surface area contributed by atoms with Crippen molar-refractivity contribution in [2.24, 2.45) is 0 Å². The van der Waals surface area contributed by atoms with Crippen LogP contribution in [0.1, 0.15) is 47.9 Å². The summed E-state index contributed by atoms with van der Waals surface area (Å²) in [6.45, 7) is 3.73. The Balaban J connectivity index is 1.74. The van der Waals surface area contributed by atoms with E-state index in [-0.39, 0.29) is 23.7 Å².